The molecule has 1 aromatic heterocycles. The smallest absolute Gasteiger partial charge is 0.409 e. The zero-order valence-corrected chi connectivity index (χ0v) is 10.5. The number of benzene rings is 1. The maximum Gasteiger partial charge on any atom is 0.436 e. The topological polar surface area (TPSA) is 107 Å². The zero-order chi connectivity index (χ0) is 14.4. The fourth-order valence-corrected chi connectivity index (χ4v) is 1.25. The molecule has 0 aliphatic carbocycles. The van der Waals surface area contributed by atoms with Crippen LogP contribution in [-0.2, 0) is 0 Å². The summed E-state index contributed by atoms with van der Waals surface area (Å²) in [5.41, 5.74) is 0.165. The molecule has 0 atom stereocenters. The average Bonchev–Trinajstić information content (AvgIpc) is 2.93. The SMILES string of the molecule is CN(/N=N/c1nc[nH]c1C#N)C(=O)Oc1ccccc1. The molecular weight excluding hydrogens is 260 g/mol. The van der Waals surface area contributed by atoms with Gasteiger partial charge in [0.15, 0.2) is 5.69 Å². The summed E-state index contributed by atoms with van der Waals surface area (Å²) in [5, 5.41) is 17.0. The molecule has 0 spiro atoms. The first kappa shape index (κ1) is 13.2. The van der Waals surface area contributed by atoms with Crippen LogP contribution < -0.4 is 4.74 Å². The lowest BCUT2D eigenvalue weighted by molar-refractivity contribution is 0.161. The number of para-hydroxylation sites is 1. The number of nitrogens with one attached hydrogen (secondary N) is 1. The van der Waals surface area contributed by atoms with Crippen LogP contribution in [0.4, 0.5) is 10.6 Å². The van der Waals surface area contributed by atoms with Gasteiger partial charge in [-0.25, -0.2) is 9.78 Å². The van der Waals surface area contributed by atoms with Crippen molar-refractivity contribution in [2.45, 2.75) is 0 Å². The van der Waals surface area contributed by atoms with Crippen LogP contribution in [0.1, 0.15) is 5.69 Å². The van der Waals surface area contributed by atoms with Gasteiger partial charge >= 0.3 is 6.09 Å². The summed E-state index contributed by atoms with van der Waals surface area (Å²) in [6, 6.07) is 10.4. The third-order valence-corrected chi connectivity index (χ3v) is 2.22. The minimum Gasteiger partial charge on any atom is -0.409 e. The van der Waals surface area contributed by atoms with Crippen molar-refractivity contribution < 1.29 is 9.53 Å². The van der Waals surface area contributed by atoms with Gasteiger partial charge in [-0.15, -0.1) is 5.11 Å². The van der Waals surface area contributed by atoms with E-state index in [0.29, 0.717) is 5.75 Å². The summed E-state index contributed by atoms with van der Waals surface area (Å²) in [6.45, 7) is 0. The molecule has 8 nitrogen and oxygen atoms in total. The molecule has 0 saturated heterocycles. The van der Waals surface area contributed by atoms with Gasteiger partial charge in [0, 0.05) is 7.05 Å². The molecular formula is C12H10N6O2. The molecule has 2 rings (SSSR count). The van der Waals surface area contributed by atoms with E-state index < -0.39 is 6.09 Å². The number of amides is 1. The lowest BCUT2D eigenvalue weighted by Crippen LogP contribution is -2.24. The molecule has 0 unspecified atom stereocenters. The molecule has 8 heteroatoms. The first-order valence-corrected chi connectivity index (χ1v) is 5.56. The predicted octanol–water partition coefficient (Wildman–Crippen LogP) is 2.41. The van der Waals surface area contributed by atoms with Crippen molar-refractivity contribution in [3.63, 3.8) is 0 Å². The third-order valence-electron chi connectivity index (χ3n) is 2.22. The van der Waals surface area contributed by atoms with E-state index in [9.17, 15) is 4.79 Å². The highest BCUT2D eigenvalue weighted by Gasteiger charge is 2.11. The third kappa shape index (κ3) is 3.17. The van der Waals surface area contributed by atoms with E-state index >= 15 is 0 Å². The van der Waals surface area contributed by atoms with Crippen LogP contribution in [0.2, 0.25) is 0 Å². The summed E-state index contributed by atoms with van der Waals surface area (Å²) in [6.07, 6.45) is 0.615. The molecule has 1 heterocycles. The molecule has 0 radical (unpaired) electrons. The fourth-order valence-electron chi connectivity index (χ4n) is 1.25. The van der Waals surface area contributed by atoms with E-state index in [1.165, 1.54) is 13.4 Å². The number of hydrogen-bond acceptors (Lipinski definition) is 6. The molecule has 1 aromatic carbocycles. The Kier molecular flexibility index (Phi) is 4.04. The largest absolute Gasteiger partial charge is 0.436 e. The number of aromatic amines is 1. The highest BCUT2D eigenvalue weighted by molar-refractivity contribution is 5.69. The summed E-state index contributed by atoms with van der Waals surface area (Å²) in [5.74, 6) is 0.504. The maximum atomic E-state index is 11.7. The highest BCUT2D eigenvalue weighted by Crippen LogP contribution is 2.14. The Morgan fingerprint density at radius 3 is 2.90 bits per heavy atom. The Labute approximate surface area is 114 Å². The number of hydrogen-bond donors (Lipinski definition) is 1. The van der Waals surface area contributed by atoms with E-state index in [4.69, 9.17) is 10.00 Å². The maximum absolute atomic E-state index is 11.7. The van der Waals surface area contributed by atoms with E-state index in [0.717, 1.165) is 5.01 Å². The van der Waals surface area contributed by atoms with Gasteiger partial charge in [-0.3, -0.25) is 0 Å². The average molecular weight is 270 g/mol. The second-order valence-corrected chi connectivity index (χ2v) is 3.61. The van der Waals surface area contributed by atoms with Crippen LogP contribution in [-0.4, -0.2) is 28.1 Å². The summed E-state index contributed by atoms with van der Waals surface area (Å²) >= 11 is 0. The first-order chi connectivity index (χ1) is 9.70. The highest BCUT2D eigenvalue weighted by atomic mass is 16.6. The molecule has 1 amide bonds. The quantitative estimate of drug-likeness (QED) is 0.682. The van der Waals surface area contributed by atoms with Gasteiger partial charge in [0.2, 0.25) is 5.82 Å². The Bertz CT molecular complexity index is 658. The lowest BCUT2D eigenvalue weighted by atomic mass is 10.3. The van der Waals surface area contributed by atoms with E-state index in [1.807, 2.05) is 12.1 Å². The van der Waals surface area contributed by atoms with Crippen molar-refractivity contribution in [1.29, 1.82) is 5.26 Å². The molecule has 100 valence electrons. The van der Waals surface area contributed by atoms with Crippen LogP contribution in [0, 0.1) is 11.3 Å². The second-order valence-electron chi connectivity index (χ2n) is 3.61. The molecule has 0 aliphatic heterocycles. The molecule has 0 bridgehead atoms. The Hall–Kier alpha value is -3.21. The van der Waals surface area contributed by atoms with Gasteiger partial charge in [0.1, 0.15) is 11.8 Å². The number of ether oxygens (including phenoxy) is 1. The van der Waals surface area contributed by atoms with Crippen LogP contribution in [0.15, 0.2) is 47.0 Å². The predicted molar refractivity (Wildman–Crippen MR) is 68.0 cm³/mol. The number of nitriles is 1. The van der Waals surface area contributed by atoms with Crippen molar-refractivity contribution in [3.05, 3.63) is 42.4 Å². The second kappa shape index (κ2) is 6.10. The monoisotopic (exact) mass is 270 g/mol. The number of rotatable bonds is 3. The minimum absolute atomic E-state index is 0.104. The van der Waals surface area contributed by atoms with Crippen LogP contribution in [0.3, 0.4) is 0 Å². The van der Waals surface area contributed by atoms with Crippen molar-refractivity contribution in [2.75, 3.05) is 7.05 Å². The number of nitrogens with zero attached hydrogens (tertiary/aromatic N) is 5. The van der Waals surface area contributed by atoms with Gasteiger partial charge < -0.3 is 9.72 Å². The van der Waals surface area contributed by atoms with E-state index in [1.54, 1.807) is 24.3 Å². The normalized spacial score (nSPS) is 10.2. The van der Waals surface area contributed by atoms with Gasteiger partial charge in [-0.2, -0.15) is 10.3 Å². The van der Waals surface area contributed by atoms with Crippen LogP contribution in [0.5, 0.6) is 5.75 Å². The van der Waals surface area contributed by atoms with Gasteiger partial charge in [0.05, 0.1) is 6.33 Å². The summed E-state index contributed by atoms with van der Waals surface area (Å²) < 4.78 is 5.04. The molecule has 20 heavy (non-hydrogen) atoms. The standard InChI is InChI=1S/C12H10N6O2/c1-18(12(19)20-9-5-3-2-4-6-9)17-16-11-10(7-13)14-8-15-11/h2-6,8H,1H3,(H,14,15)/b17-16+. The number of carbonyl (C=O) groups is 1. The van der Waals surface area contributed by atoms with Gasteiger partial charge in [-0.05, 0) is 12.1 Å². The Balaban J connectivity index is 2.00. The van der Waals surface area contributed by atoms with Crippen molar-refractivity contribution in [3.8, 4) is 11.8 Å². The van der Waals surface area contributed by atoms with E-state index in [2.05, 4.69) is 20.3 Å². The number of imidazole rings is 1. The van der Waals surface area contributed by atoms with Gasteiger partial charge in [0.25, 0.3) is 0 Å². The number of H-pyrrole nitrogens is 1. The van der Waals surface area contributed by atoms with Crippen LogP contribution >= 0.6 is 0 Å². The molecule has 1 N–H and O–H groups in total. The first-order valence-electron chi connectivity index (χ1n) is 5.56. The van der Waals surface area contributed by atoms with E-state index in [-0.39, 0.29) is 11.5 Å². The van der Waals surface area contributed by atoms with Crippen LogP contribution in [0.25, 0.3) is 0 Å². The molecule has 0 saturated carbocycles. The Morgan fingerprint density at radius 2 is 2.20 bits per heavy atom. The molecule has 0 fully saturated rings. The fraction of sp³-hybridized carbons (Fsp3) is 0.0833. The zero-order valence-electron chi connectivity index (χ0n) is 10.5. The Morgan fingerprint density at radius 1 is 1.45 bits per heavy atom. The summed E-state index contributed by atoms with van der Waals surface area (Å²) in [4.78, 5) is 18.1. The molecule has 0 aliphatic rings. The van der Waals surface area contributed by atoms with Gasteiger partial charge in [-0.1, -0.05) is 23.4 Å². The number of carbonyl (C=O) groups excluding carboxylic acids is 1. The summed E-state index contributed by atoms with van der Waals surface area (Å²) in [7, 11) is 1.38. The molecule has 2 aromatic rings. The van der Waals surface area contributed by atoms with Crippen molar-refractivity contribution in [1.82, 2.24) is 15.0 Å². The van der Waals surface area contributed by atoms with Crippen molar-refractivity contribution in [2.24, 2.45) is 10.3 Å². The minimum atomic E-state index is -0.700. The lowest BCUT2D eigenvalue weighted by Gasteiger charge is -2.09. The van der Waals surface area contributed by atoms with Crippen molar-refractivity contribution >= 4 is 11.9 Å². The number of aromatic nitrogens is 2.